The monoisotopic (exact) mass is 528 g/mol. The maximum atomic E-state index is 13.5. The second-order valence-electron chi connectivity index (χ2n) is 10.7. The molecule has 0 saturated carbocycles. The van der Waals surface area contributed by atoms with Crippen molar-refractivity contribution in [1.29, 1.82) is 0 Å². The first-order valence-corrected chi connectivity index (χ1v) is 12.2. The number of benzene rings is 4. The molecule has 9 heteroatoms. The maximum absolute atomic E-state index is 13.5. The van der Waals surface area contributed by atoms with E-state index in [2.05, 4.69) is 0 Å². The van der Waals surface area contributed by atoms with Gasteiger partial charge in [-0.05, 0) is 54.7 Å². The van der Waals surface area contributed by atoms with E-state index >= 15 is 0 Å². The molecule has 0 heterocycles. The van der Waals surface area contributed by atoms with E-state index in [0.29, 0.717) is 11.1 Å². The quantitative estimate of drug-likeness (QED) is 0.169. The smallest absolute Gasteiger partial charge is 0.201 e. The summed E-state index contributed by atoms with van der Waals surface area (Å²) in [6.45, 7) is 3.22. The third kappa shape index (κ3) is 3.43. The molecule has 0 radical (unpaired) electrons. The van der Waals surface area contributed by atoms with Crippen molar-refractivity contribution in [3.63, 3.8) is 0 Å². The summed E-state index contributed by atoms with van der Waals surface area (Å²) >= 11 is 0. The molecule has 0 aliphatic heterocycles. The first-order chi connectivity index (χ1) is 18.3. The van der Waals surface area contributed by atoms with Crippen LogP contribution in [0.25, 0.3) is 21.9 Å². The Labute approximate surface area is 221 Å². The third-order valence-electron chi connectivity index (χ3n) is 7.63. The van der Waals surface area contributed by atoms with E-state index in [-0.39, 0.29) is 74.7 Å². The van der Waals surface area contributed by atoms with Crippen LogP contribution >= 0.6 is 0 Å². The zero-order valence-corrected chi connectivity index (χ0v) is 21.0. The Bertz CT molecular complexity index is 1810. The van der Waals surface area contributed by atoms with E-state index in [4.69, 9.17) is 0 Å². The van der Waals surface area contributed by atoms with Crippen molar-refractivity contribution in [2.45, 2.75) is 38.7 Å². The Morgan fingerprint density at radius 3 is 2.00 bits per heavy atom. The number of hydrogen-bond acceptors (Lipinski definition) is 9. The molecule has 2 aliphatic rings. The normalized spacial score (nSPS) is 18.1. The molecule has 0 fully saturated rings. The molecule has 0 bridgehead atoms. The number of aryl methyl sites for hydroxylation is 1. The van der Waals surface area contributed by atoms with Gasteiger partial charge in [-0.1, -0.05) is 6.07 Å². The van der Waals surface area contributed by atoms with Crippen molar-refractivity contribution in [2.75, 3.05) is 0 Å². The molecule has 9 nitrogen and oxygen atoms in total. The molecular weight excluding hydrogens is 504 g/mol. The fourth-order valence-electron chi connectivity index (χ4n) is 6.19. The number of carbonyl (C=O) groups excluding carboxylic acids is 2. The van der Waals surface area contributed by atoms with Crippen molar-refractivity contribution in [1.82, 2.24) is 0 Å². The van der Waals surface area contributed by atoms with E-state index in [9.17, 15) is 45.3 Å². The number of phenolic OH excluding ortho intramolecular Hbond substituents is 6. The highest BCUT2D eigenvalue weighted by Gasteiger charge is 2.38. The molecule has 39 heavy (non-hydrogen) atoms. The summed E-state index contributed by atoms with van der Waals surface area (Å²) in [5.41, 5.74) is -0.104. The van der Waals surface area contributed by atoms with E-state index in [1.807, 2.05) is 0 Å². The van der Waals surface area contributed by atoms with Gasteiger partial charge in [-0.2, -0.15) is 0 Å². The van der Waals surface area contributed by atoms with Crippen LogP contribution in [0.1, 0.15) is 61.9 Å². The van der Waals surface area contributed by atoms with Gasteiger partial charge in [0.15, 0.2) is 5.78 Å². The van der Waals surface area contributed by atoms with Crippen LogP contribution in [0, 0.1) is 6.92 Å². The van der Waals surface area contributed by atoms with Crippen molar-refractivity contribution >= 4 is 22.3 Å². The van der Waals surface area contributed by atoms with E-state index in [1.54, 1.807) is 13.0 Å². The van der Waals surface area contributed by atoms with Gasteiger partial charge in [0.1, 0.15) is 34.5 Å². The van der Waals surface area contributed by atoms with Crippen LogP contribution in [0.3, 0.4) is 0 Å². The summed E-state index contributed by atoms with van der Waals surface area (Å²) in [7, 11) is 0. The average molecular weight is 529 g/mol. The standard InChI is InChI=1S/C30H24O9/c1-11-3-12-5-14-24(17(32)7-19(34)26(14)28(37)22(12)16(31)4-11)25-15-6-13-9-30(2,39)10-21(36)23(13)29(38)27(15)20(35)8-18(25)33/h3-4,6-8,31-35,38-39H,5,9-10H2,1-2H3/t30-/m0/s1. The highest BCUT2D eigenvalue weighted by atomic mass is 16.3. The van der Waals surface area contributed by atoms with E-state index in [0.717, 1.165) is 12.1 Å². The highest BCUT2D eigenvalue weighted by molar-refractivity contribution is 6.19. The van der Waals surface area contributed by atoms with Crippen LogP contribution < -0.4 is 0 Å². The Morgan fingerprint density at radius 1 is 0.667 bits per heavy atom. The average Bonchev–Trinajstić information content (AvgIpc) is 2.78. The number of fused-ring (bicyclic) bond motifs is 4. The summed E-state index contributed by atoms with van der Waals surface area (Å²) < 4.78 is 0. The van der Waals surface area contributed by atoms with Gasteiger partial charge in [-0.3, -0.25) is 9.59 Å². The molecule has 1 atom stereocenters. The molecule has 0 saturated heterocycles. The lowest BCUT2D eigenvalue weighted by Gasteiger charge is -2.30. The zero-order chi connectivity index (χ0) is 28.1. The van der Waals surface area contributed by atoms with E-state index < -0.39 is 45.9 Å². The van der Waals surface area contributed by atoms with Crippen LogP contribution in [0.4, 0.5) is 0 Å². The lowest BCUT2D eigenvalue weighted by Crippen LogP contribution is -2.35. The number of hydrogen-bond donors (Lipinski definition) is 7. The Morgan fingerprint density at radius 2 is 1.28 bits per heavy atom. The zero-order valence-electron chi connectivity index (χ0n) is 21.0. The topological polar surface area (TPSA) is 176 Å². The molecular formula is C30H24O9. The third-order valence-corrected chi connectivity index (χ3v) is 7.63. The molecule has 198 valence electrons. The van der Waals surface area contributed by atoms with Crippen LogP contribution in [-0.4, -0.2) is 52.9 Å². The first kappa shape index (κ1) is 24.6. The summed E-state index contributed by atoms with van der Waals surface area (Å²) in [6.07, 6.45) is -0.239. The van der Waals surface area contributed by atoms with Crippen LogP contribution in [0.5, 0.6) is 34.5 Å². The van der Waals surface area contributed by atoms with Gasteiger partial charge in [0.05, 0.1) is 27.7 Å². The SMILES string of the molecule is Cc1cc(O)c2c(c1)Cc1c(c(O)cc(O)c1-c1c(O)cc(O)c3c(O)c4c(cc13)C[C@](C)(O)CC4=O)C2=O. The molecule has 0 unspecified atom stereocenters. The van der Waals surface area contributed by atoms with Crippen LogP contribution in [0.2, 0.25) is 0 Å². The number of aliphatic hydroxyl groups is 1. The molecule has 4 aromatic rings. The van der Waals surface area contributed by atoms with Crippen LogP contribution in [0.15, 0.2) is 30.3 Å². The molecule has 0 aromatic heterocycles. The van der Waals surface area contributed by atoms with Crippen LogP contribution in [-0.2, 0) is 12.8 Å². The van der Waals surface area contributed by atoms with Gasteiger partial charge in [0, 0.05) is 41.5 Å². The van der Waals surface area contributed by atoms with Crippen molar-refractivity contribution in [3.05, 3.63) is 69.3 Å². The van der Waals surface area contributed by atoms with Crippen molar-refractivity contribution in [2.24, 2.45) is 0 Å². The van der Waals surface area contributed by atoms with Gasteiger partial charge in [-0.15, -0.1) is 0 Å². The molecule has 4 aromatic carbocycles. The Kier molecular flexibility index (Phi) is 4.96. The Balaban J connectivity index is 1.72. The number of ketones is 2. The highest BCUT2D eigenvalue weighted by Crippen LogP contribution is 2.53. The van der Waals surface area contributed by atoms with Gasteiger partial charge in [0.25, 0.3) is 0 Å². The predicted molar refractivity (Wildman–Crippen MR) is 140 cm³/mol. The summed E-state index contributed by atoms with van der Waals surface area (Å²) in [5, 5.41) is 75.7. The molecule has 6 rings (SSSR count). The molecule has 2 aliphatic carbocycles. The number of phenols is 6. The number of Topliss-reactive ketones (excluding diaryl/α,β-unsaturated/α-hetero) is 1. The minimum atomic E-state index is -1.39. The van der Waals surface area contributed by atoms with E-state index in [1.165, 1.54) is 19.1 Å². The first-order valence-electron chi connectivity index (χ1n) is 12.2. The largest absolute Gasteiger partial charge is 0.507 e. The predicted octanol–water partition coefficient (Wildman–Crippen LogP) is 4.06. The summed E-state index contributed by atoms with van der Waals surface area (Å²) in [4.78, 5) is 26.3. The maximum Gasteiger partial charge on any atom is 0.201 e. The summed E-state index contributed by atoms with van der Waals surface area (Å²) in [5.74, 6) is -4.00. The molecule has 7 N–H and O–H groups in total. The number of carbonyl (C=O) groups is 2. The van der Waals surface area contributed by atoms with Gasteiger partial charge in [-0.25, -0.2) is 0 Å². The number of rotatable bonds is 1. The second-order valence-corrected chi connectivity index (χ2v) is 10.7. The minimum Gasteiger partial charge on any atom is -0.507 e. The lowest BCUT2D eigenvalue weighted by molar-refractivity contribution is 0.0409. The van der Waals surface area contributed by atoms with Gasteiger partial charge >= 0.3 is 0 Å². The summed E-state index contributed by atoms with van der Waals surface area (Å²) in [6, 6.07) is 6.50. The minimum absolute atomic E-state index is 0.00247. The number of aromatic hydroxyl groups is 6. The fourth-order valence-corrected chi connectivity index (χ4v) is 6.19. The van der Waals surface area contributed by atoms with Crippen molar-refractivity contribution < 1.29 is 45.3 Å². The second kappa shape index (κ2) is 7.87. The fraction of sp³-hybridized carbons (Fsp3) is 0.200. The Hall–Kier alpha value is -4.76. The van der Waals surface area contributed by atoms with Crippen molar-refractivity contribution in [3.8, 4) is 45.6 Å². The van der Waals surface area contributed by atoms with Gasteiger partial charge < -0.3 is 35.7 Å². The molecule has 0 amide bonds. The van der Waals surface area contributed by atoms with Gasteiger partial charge in [0.2, 0.25) is 5.78 Å². The molecule has 0 spiro atoms. The lowest BCUT2D eigenvalue weighted by atomic mass is 9.76.